The number of hydrogen-bond acceptors (Lipinski definition) is 3. The molecule has 3 nitrogen and oxygen atoms in total. The highest BCUT2D eigenvalue weighted by Gasteiger charge is 2.41. The van der Waals surface area contributed by atoms with Crippen molar-refractivity contribution in [3.63, 3.8) is 0 Å². The van der Waals surface area contributed by atoms with Gasteiger partial charge in [0.2, 0.25) is 0 Å². The molecule has 0 heterocycles. The number of methoxy groups -OCH3 is 1. The number of benzene rings is 1. The summed E-state index contributed by atoms with van der Waals surface area (Å²) in [5.41, 5.74) is -0.0232. The van der Waals surface area contributed by atoms with Crippen LogP contribution in [-0.4, -0.2) is 19.7 Å². The van der Waals surface area contributed by atoms with Crippen LogP contribution in [0.5, 0.6) is 0 Å². The van der Waals surface area contributed by atoms with Gasteiger partial charge in [0.1, 0.15) is 12.0 Å². The molecule has 0 saturated heterocycles. The van der Waals surface area contributed by atoms with E-state index in [2.05, 4.69) is 13.2 Å². The first-order valence-electron chi connectivity index (χ1n) is 5.68. The third-order valence-electron chi connectivity index (χ3n) is 2.84. The topological polar surface area (TPSA) is 35.5 Å². The van der Waals surface area contributed by atoms with Crippen LogP contribution < -0.4 is 0 Å². The second-order valence-electron chi connectivity index (χ2n) is 3.91. The van der Waals surface area contributed by atoms with Gasteiger partial charge in [-0.2, -0.15) is 0 Å². The maximum Gasteiger partial charge on any atom is 0.320 e. The monoisotopic (exact) mass is 246 g/mol. The van der Waals surface area contributed by atoms with Crippen molar-refractivity contribution in [1.29, 1.82) is 0 Å². The Morgan fingerprint density at radius 2 is 2.00 bits per heavy atom. The molecule has 1 rings (SSSR count). The molecule has 0 fully saturated rings. The first-order valence-corrected chi connectivity index (χ1v) is 5.68. The molecule has 0 amide bonds. The van der Waals surface area contributed by atoms with Gasteiger partial charge in [-0.25, -0.2) is 0 Å². The molecule has 0 spiro atoms. The number of esters is 1. The Hall–Kier alpha value is -2.03. The Morgan fingerprint density at radius 3 is 2.50 bits per heavy atom. The van der Waals surface area contributed by atoms with E-state index in [1.165, 1.54) is 13.4 Å². The van der Waals surface area contributed by atoms with Gasteiger partial charge in [-0.1, -0.05) is 43.0 Å². The van der Waals surface area contributed by atoms with Crippen molar-refractivity contribution >= 4 is 5.97 Å². The Balaban J connectivity index is 3.22. The van der Waals surface area contributed by atoms with E-state index in [1.807, 2.05) is 30.3 Å². The van der Waals surface area contributed by atoms with E-state index in [1.54, 1.807) is 6.08 Å². The highest BCUT2D eigenvalue weighted by atomic mass is 16.5. The molecule has 1 aromatic carbocycles. The average molecular weight is 246 g/mol. The van der Waals surface area contributed by atoms with Gasteiger partial charge < -0.3 is 9.47 Å². The molecule has 18 heavy (non-hydrogen) atoms. The summed E-state index contributed by atoms with van der Waals surface area (Å²) in [5.74, 6) is -0.338. The smallest absolute Gasteiger partial charge is 0.320 e. The van der Waals surface area contributed by atoms with Gasteiger partial charge in [-0.05, 0) is 12.0 Å². The SMILES string of the molecule is C=CCC(COC=C)(C(=O)OC)c1ccccc1. The Bertz CT molecular complexity index is 411. The zero-order valence-electron chi connectivity index (χ0n) is 10.6. The van der Waals surface area contributed by atoms with E-state index in [0.29, 0.717) is 6.42 Å². The molecule has 0 bridgehead atoms. The predicted molar refractivity (Wildman–Crippen MR) is 71.1 cm³/mol. The summed E-state index contributed by atoms with van der Waals surface area (Å²) in [4.78, 5) is 12.1. The second kappa shape index (κ2) is 6.64. The molecule has 1 atom stereocenters. The lowest BCUT2D eigenvalue weighted by atomic mass is 9.78. The first-order chi connectivity index (χ1) is 8.71. The molecular formula is C15H18O3. The third kappa shape index (κ3) is 2.80. The predicted octanol–water partition coefficient (Wildman–Crippen LogP) is 2.83. The Kier molecular flexibility index (Phi) is 5.18. The number of ether oxygens (including phenoxy) is 2. The lowest BCUT2D eigenvalue weighted by Crippen LogP contribution is -2.40. The van der Waals surface area contributed by atoms with Crippen LogP contribution in [0.2, 0.25) is 0 Å². The summed E-state index contributed by atoms with van der Waals surface area (Å²) in [6.45, 7) is 7.39. The highest BCUT2D eigenvalue weighted by molar-refractivity contribution is 5.83. The van der Waals surface area contributed by atoms with Crippen molar-refractivity contribution < 1.29 is 14.3 Å². The summed E-state index contributed by atoms with van der Waals surface area (Å²) in [7, 11) is 1.37. The van der Waals surface area contributed by atoms with Crippen molar-refractivity contribution in [3.05, 3.63) is 61.4 Å². The Morgan fingerprint density at radius 1 is 1.33 bits per heavy atom. The molecule has 0 aliphatic rings. The molecule has 0 aliphatic carbocycles. The fourth-order valence-corrected chi connectivity index (χ4v) is 1.92. The fraction of sp³-hybridized carbons (Fsp3) is 0.267. The van der Waals surface area contributed by atoms with Crippen molar-refractivity contribution in [2.45, 2.75) is 11.8 Å². The van der Waals surface area contributed by atoms with Gasteiger partial charge >= 0.3 is 5.97 Å². The normalized spacial score (nSPS) is 13.2. The van der Waals surface area contributed by atoms with Crippen molar-refractivity contribution in [2.75, 3.05) is 13.7 Å². The lowest BCUT2D eigenvalue weighted by molar-refractivity contribution is -0.149. The number of carbonyl (C=O) groups is 1. The standard InChI is InChI=1S/C15H18O3/c1-4-11-15(12-18-5-2,14(16)17-3)13-9-7-6-8-10-13/h4-10H,1-2,11-12H2,3H3. The van der Waals surface area contributed by atoms with E-state index in [9.17, 15) is 4.79 Å². The number of hydrogen-bond donors (Lipinski definition) is 0. The van der Waals surface area contributed by atoms with Crippen LogP contribution in [0.25, 0.3) is 0 Å². The maximum atomic E-state index is 12.1. The van der Waals surface area contributed by atoms with E-state index in [0.717, 1.165) is 5.56 Å². The van der Waals surface area contributed by atoms with Crippen LogP contribution >= 0.6 is 0 Å². The van der Waals surface area contributed by atoms with Crippen LogP contribution in [0, 0.1) is 0 Å². The molecule has 96 valence electrons. The molecule has 0 aromatic heterocycles. The minimum Gasteiger partial charge on any atom is -0.500 e. The van der Waals surface area contributed by atoms with Crippen LogP contribution in [0.15, 0.2) is 55.8 Å². The van der Waals surface area contributed by atoms with Gasteiger partial charge in [-0.15, -0.1) is 6.58 Å². The van der Waals surface area contributed by atoms with E-state index >= 15 is 0 Å². The number of allylic oxidation sites excluding steroid dienone is 1. The Labute approximate surface area is 108 Å². The van der Waals surface area contributed by atoms with Crippen LogP contribution in [0.4, 0.5) is 0 Å². The quantitative estimate of drug-likeness (QED) is 0.421. The van der Waals surface area contributed by atoms with Gasteiger partial charge in [-0.3, -0.25) is 4.79 Å². The summed E-state index contributed by atoms with van der Waals surface area (Å²) >= 11 is 0. The maximum absolute atomic E-state index is 12.1. The van der Waals surface area contributed by atoms with Crippen molar-refractivity contribution in [2.24, 2.45) is 0 Å². The first kappa shape index (κ1) is 14.0. The zero-order chi connectivity index (χ0) is 13.4. The van der Waals surface area contributed by atoms with Crippen molar-refractivity contribution in [1.82, 2.24) is 0 Å². The molecule has 1 unspecified atom stereocenters. The number of carbonyl (C=O) groups excluding carboxylic acids is 1. The summed E-state index contributed by atoms with van der Waals surface area (Å²) < 4.78 is 10.2. The summed E-state index contributed by atoms with van der Waals surface area (Å²) in [5, 5.41) is 0. The second-order valence-corrected chi connectivity index (χ2v) is 3.91. The van der Waals surface area contributed by atoms with Gasteiger partial charge in [0.15, 0.2) is 0 Å². The summed E-state index contributed by atoms with van der Waals surface area (Å²) in [6.07, 6.45) is 3.46. The fourth-order valence-electron chi connectivity index (χ4n) is 1.92. The van der Waals surface area contributed by atoms with Crippen LogP contribution in [0.3, 0.4) is 0 Å². The van der Waals surface area contributed by atoms with E-state index in [-0.39, 0.29) is 12.6 Å². The molecule has 0 aliphatic heterocycles. The van der Waals surface area contributed by atoms with Crippen LogP contribution in [-0.2, 0) is 19.7 Å². The van der Waals surface area contributed by atoms with Gasteiger partial charge in [0.25, 0.3) is 0 Å². The van der Waals surface area contributed by atoms with Gasteiger partial charge in [0.05, 0.1) is 13.4 Å². The average Bonchev–Trinajstić information content (AvgIpc) is 2.43. The minimum absolute atomic E-state index is 0.180. The number of rotatable bonds is 7. The minimum atomic E-state index is -0.869. The molecular weight excluding hydrogens is 228 g/mol. The lowest BCUT2D eigenvalue weighted by Gasteiger charge is -2.29. The third-order valence-corrected chi connectivity index (χ3v) is 2.84. The molecule has 0 N–H and O–H groups in total. The van der Waals surface area contributed by atoms with E-state index in [4.69, 9.17) is 9.47 Å². The highest BCUT2D eigenvalue weighted by Crippen LogP contribution is 2.30. The van der Waals surface area contributed by atoms with E-state index < -0.39 is 5.41 Å². The molecule has 3 heteroatoms. The van der Waals surface area contributed by atoms with Crippen LogP contribution in [0.1, 0.15) is 12.0 Å². The van der Waals surface area contributed by atoms with Gasteiger partial charge in [0, 0.05) is 0 Å². The molecule has 1 aromatic rings. The largest absolute Gasteiger partial charge is 0.500 e. The zero-order valence-corrected chi connectivity index (χ0v) is 10.6. The molecule has 0 saturated carbocycles. The summed E-state index contributed by atoms with van der Waals surface area (Å²) in [6, 6.07) is 9.42. The van der Waals surface area contributed by atoms with Crippen molar-refractivity contribution in [3.8, 4) is 0 Å². The molecule has 0 radical (unpaired) electrons.